The summed E-state index contributed by atoms with van der Waals surface area (Å²) in [5, 5.41) is 3.46. The minimum Gasteiger partial charge on any atom is -0.314 e. The molecule has 0 spiro atoms. The van der Waals surface area contributed by atoms with E-state index < -0.39 is 0 Å². The van der Waals surface area contributed by atoms with Gasteiger partial charge in [-0.3, -0.25) is 9.80 Å². The van der Waals surface area contributed by atoms with E-state index in [1.165, 1.54) is 65.2 Å². The van der Waals surface area contributed by atoms with Gasteiger partial charge in [0.1, 0.15) is 0 Å². The van der Waals surface area contributed by atoms with E-state index in [1.807, 2.05) is 0 Å². The monoisotopic (exact) mass is 280 g/mol. The Morgan fingerprint density at radius 3 is 2.10 bits per heavy atom. The number of hydrogen-bond donors (Lipinski definition) is 1. The summed E-state index contributed by atoms with van der Waals surface area (Å²) in [5.74, 6) is 1.04. The van der Waals surface area contributed by atoms with Gasteiger partial charge in [0, 0.05) is 71.0 Å². The van der Waals surface area contributed by atoms with Crippen LogP contribution in [0.15, 0.2) is 0 Å². The molecule has 1 saturated carbocycles. The first-order valence-corrected chi connectivity index (χ1v) is 8.54. The van der Waals surface area contributed by atoms with Gasteiger partial charge in [-0.05, 0) is 32.6 Å². The predicted octanol–water partition coefficient (Wildman–Crippen LogP) is 0.698. The first-order chi connectivity index (χ1) is 9.63. The highest BCUT2D eigenvalue weighted by Gasteiger charge is 2.32. The van der Waals surface area contributed by atoms with Gasteiger partial charge < -0.3 is 10.2 Å². The second kappa shape index (κ2) is 6.30. The maximum absolute atomic E-state index is 3.46. The van der Waals surface area contributed by atoms with Crippen LogP contribution in [0.3, 0.4) is 0 Å². The third-order valence-corrected chi connectivity index (χ3v) is 5.26. The molecule has 2 saturated heterocycles. The fourth-order valence-electron chi connectivity index (χ4n) is 3.71. The van der Waals surface area contributed by atoms with Crippen LogP contribution in [0.4, 0.5) is 0 Å². The summed E-state index contributed by atoms with van der Waals surface area (Å²) in [4.78, 5) is 8.04. The Hall–Kier alpha value is -0.160. The lowest BCUT2D eigenvalue weighted by atomic mass is 10.0. The standard InChI is InChI=1S/C16H32N4/c1-16(2,20-7-5-17-6-8-20)14-19-11-9-18(10-12-19)13-15-3-4-15/h15,17H,3-14H2,1-2H3. The maximum Gasteiger partial charge on any atom is 0.0281 e. The van der Waals surface area contributed by atoms with Crippen LogP contribution in [0.5, 0.6) is 0 Å². The van der Waals surface area contributed by atoms with E-state index in [2.05, 4.69) is 33.9 Å². The van der Waals surface area contributed by atoms with E-state index >= 15 is 0 Å². The molecule has 2 aliphatic heterocycles. The Morgan fingerprint density at radius 2 is 1.50 bits per heavy atom. The van der Waals surface area contributed by atoms with E-state index in [1.54, 1.807) is 0 Å². The summed E-state index contributed by atoms with van der Waals surface area (Å²) in [6.07, 6.45) is 2.96. The summed E-state index contributed by atoms with van der Waals surface area (Å²) in [6, 6.07) is 0. The first kappa shape index (κ1) is 14.8. The average molecular weight is 280 g/mol. The summed E-state index contributed by atoms with van der Waals surface area (Å²) in [7, 11) is 0. The molecule has 0 bridgehead atoms. The molecule has 3 aliphatic rings. The molecule has 2 heterocycles. The molecule has 3 fully saturated rings. The second-order valence-corrected chi connectivity index (χ2v) is 7.57. The predicted molar refractivity (Wildman–Crippen MR) is 84.1 cm³/mol. The van der Waals surface area contributed by atoms with Crippen LogP contribution in [0.25, 0.3) is 0 Å². The largest absolute Gasteiger partial charge is 0.314 e. The molecule has 1 N–H and O–H groups in total. The number of nitrogens with one attached hydrogen (secondary N) is 1. The third kappa shape index (κ3) is 3.94. The van der Waals surface area contributed by atoms with Crippen molar-refractivity contribution in [2.75, 3.05) is 65.4 Å². The fraction of sp³-hybridized carbons (Fsp3) is 1.00. The molecule has 3 rings (SSSR count). The molecule has 0 aromatic carbocycles. The van der Waals surface area contributed by atoms with Crippen molar-refractivity contribution < 1.29 is 0 Å². The topological polar surface area (TPSA) is 21.8 Å². The quantitative estimate of drug-likeness (QED) is 0.800. The normalized spacial score (nSPS) is 27.9. The van der Waals surface area contributed by atoms with Crippen molar-refractivity contribution in [2.24, 2.45) is 5.92 Å². The average Bonchev–Trinajstić information content (AvgIpc) is 3.26. The zero-order chi connectivity index (χ0) is 14.0. The van der Waals surface area contributed by atoms with E-state index in [0.717, 1.165) is 19.0 Å². The van der Waals surface area contributed by atoms with Gasteiger partial charge in [-0.15, -0.1) is 0 Å². The van der Waals surface area contributed by atoms with Crippen molar-refractivity contribution >= 4 is 0 Å². The van der Waals surface area contributed by atoms with E-state index in [4.69, 9.17) is 0 Å². The number of rotatable bonds is 5. The molecular formula is C16H32N4. The Kier molecular flexibility index (Phi) is 4.65. The molecule has 4 nitrogen and oxygen atoms in total. The minimum absolute atomic E-state index is 0.320. The SMILES string of the molecule is CC(C)(CN1CCN(CC2CC2)CC1)N1CCNCC1. The lowest BCUT2D eigenvalue weighted by molar-refractivity contribution is 0.0405. The fourth-order valence-corrected chi connectivity index (χ4v) is 3.71. The van der Waals surface area contributed by atoms with Gasteiger partial charge >= 0.3 is 0 Å². The molecule has 0 aromatic rings. The van der Waals surface area contributed by atoms with Crippen LogP contribution in [0.2, 0.25) is 0 Å². The van der Waals surface area contributed by atoms with Crippen molar-refractivity contribution in [3.05, 3.63) is 0 Å². The molecule has 4 heteroatoms. The van der Waals surface area contributed by atoms with Gasteiger partial charge in [-0.25, -0.2) is 0 Å². The second-order valence-electron chi connectivity index (χ2n) is 7.57. The Balaban J connectivity index is 1.43. The molecular weight excluding hydrogens is 248 g/mol. The summed E-state index contributed by atoms with van der Waals surface area (Å²) in [5.41, 5.74) is 0.320. The highest BCUT2D eigenvalue weighted by Crippen LogP contribution is 2.30. The molecule has 20 heavy (non-hydrogen) atoms. The van der Waals surface area contributed by atoms with E-state index in [-0.39, 0.29) is 0 Å². The molecule has 116 valence electrons. The lowest BCUT2D eigenvalue weighted by Gasteiger charge is -2.45. The smallest absolute Gasteiger partial charge is 0.0281 e. The van der Waals surface area contributed by atoms with Gasteiger partial charge in [-0.2, -0.15) is 0 Å². The molecule has 1 aliphatic carbocycles. The molecule has 0 aromatic heterocycles. The highest BCUT2D eigenvalue weighted by molar-refractivity contribution is 4.89. The number of piperazine rings is 2. The van der Waals surface area contributed by atoms with Gasteiger partial charge in [0.2, 0.25) is 0 Å². The maximum atomic E-state index is 3.46. The lowest BCUT2D eigenvalue weighted by Crippen LogP contribution is -2.59. The van der Waals surface area contributed by atoms with Crippen LogP contribution in [0, 0.1) is 5.92 Å². The van der Waals surface area contributed by atoms with Crippen molar-refractivity contribution in [1.29, 1.82) is 0 Å². The Morgan fingerprint density at radius 1 is 0.900 bits per heavy atom. The Labute approximate surface area is 124 Å². The van der Waals surface area contributed by atoms with Crippen molar-refractivity contribution in [3.63, 3.8) is 0 Å². The minimum atomic E-state index is 0.320. The molecule has 0 unspecified atom stereocenters. The third-order valence-electron chi connectivity index (χ3n) is 5.26. The van der Waals surface area contributed by atoms with Gasteiger partial charge in [-0.1, -0.05) is 0 Å². The van der Waals surface area contributed by atoms with Crippen LogP contribution in [-0.2, 0) is 0 Å². The first-order valence-electron chi connectivity index (χ1n) is 8.54. The molecule has 0 atom stereocenters. The zero-order valence-corrected chi connectivity index (χ0v) is 13.4. The van der Waals surface area contributed by atoms with Crippen molar-refractivity contribution in [2.45, 2.75) is 32.2 Å². The molecule has 0 radical (unpaired) electrons. The van der Waals surface area contributed by atoms with Crippen LogP contribution in [0.1, 0.15) is 26.7 Å². The number of nitrogens with zero attached hydrogens (tertiary/aromatic N) is 3. The zero-order valence-electron chi connectivity index (χ0n) is 13.4. The van der Waals surface area contributed by atoms with Gasteiger partial charge in [0.25, 0.3) is 0 Å². The number of hydrogen-bond acceptors (Lipinski definition) is 4. The van der Waals surface area contributed by atoms with Gasteiger partial charge in [0.15, 0.2) is 0 Å². The van der Waals surface area contributed by atoms with Crippen molar-refractivity contribution in [1.82, 2.24) is 20.0 Å². The van der Waals surface area contributed by atoms with E-state index in [9.17, 15) is 0 Å². The Bertz CT molecular complexity index is 300. The van der Waals surface area contributed by atoms with Gasteiger partial charge in [0.05, 0.1) is 0 Å². The summed E-state index contributed by atoms with van der Waals surface area (Å²) >= 11 is 0. The highest BCUT2D eigenvalue weighted by atomic mass is 15.3. The van der Waals surface area contributed by atoms with Crippen LogP contribution >= 0.6 is 0 Å². The summed E-state index contributed by atoms with van der Waals surface area (Å²) in [6.45, 7) is 17.3. The summed E-state index contributed by atoms with van der Waals surface area (Å²) < 4.78 is 0. The van der Waals surface area contributed by atoms with Crippen LogP contribution < -0.4 is 5.32 Å². The van der Waals surface area contributed by atoms with Crippen molar-refractivity contribution in [3.8, 4) is 0 Å². The van der Waals surface area contributed by atoms with E-state index in [0.29, 0.717) is 5.54 Å². The molecule has 0 amide bonds. The van der Waals surface area contributed by atoms with Crippen LogP contribution in [-0.4, -0.2) is 85.7 Å².